The third-order valence-electron chi connectivity index (χ3n) is 5.89. The van der Waals surface area contributed by atoms with E-state index >= 15 is 0 Å². The molecule has 9 heteroatoms. The third kappa shape index (κ3) is 4.09. The van der Waals surface area contributed by atoms with Crippen LogP contribution in [0.25, 0.3) is 11.0 Å². The quantitative estimate of drug-likeness (QED) is 0.508. The second kappa shape index (κ2) is 8.90. The number of rotatable bonds is 8. The number of carbonyl (C=O) groups excluding carboxylic acids is 2. The molecule has 3 aromatic heterocycles. The van der Waals surface area contributed by atoms with E-state index < -0.39 is 0 Å². The van der Waals surface area contributed by atoms with Crippen molar-refractivity contribution in [1.82, 2.24) is 14.8 Å². The summed E-state index contributed by atoms with van der Waals surface area (Å²) in [6.07, 6.45) is 2.95. The molecule has 0 aromatic carbocycles. The van der Waals surface area contributed by atoms with Gasteiger partial charge in [0.25, 0.3) is 0 Å². The molecule has 1 N–H and O–H groups in total. The molecule has 0 radical (unpaired) electrons. The number of fused-ring (bicyclic) bond motifs is 1. The molecule has 0 aliphatic heterocycles. The standard InChI is InChI=1S/C23H28N4O4S/c1-6-31-23(29)19-16(14-7-8-14)11-32-22(19)25-17(28)10-9-15-12(2)18-20(24-13(15)3)27(4)26-21(18)30-5/h11,14H,6-10H2,1-5H3,(H,25,28). The van der Waals surface area contributed by atoms with Crippen LogP contribution in [-0.2, 0) is 23.0 Å². The van der Waals surface area contributed by atoms with E-state index in [1.165, 1.54) is 11.3 Å². The van der Waals surface area contributed by atoms with Crippen LogP contribution >= 0.6 is 11.3 Å². The molecular formula is C23H28N4O4S. The van der Waals surface area contributed by atoms with Crippen LogP contribution in [-0.4, -0.2) is 40.4 Å². The lowest BCUT2D eigenvalue weighted by Crippen LogP contribution is -2.16. The number of hydrogen-bond acceptors (Lipinski definition) is 7. The summed E-state index contributed by atoms with van der Waals surface area (Å²) in [6, 6.07) is 0. The number of anilines is 1. The van der Waals surface area contributed by atoms with E-state index in [4.69, 9.17) is 9.47 Å². The van der Waals surface area contributed by atoms with E-state index in [9.17, 15) is 9.59 Å². The lowest BCUT2D eigenvalue weighted by atomic mass is 10.00. The monoisotopic (exact) mass is 456 g/mol. The topological polar surface area (TPSA) is 95.3 Å². The number of carbonyl (C=O) groups is 2. The highest BCUT2D eigenvalue weighted by Crippen LogP contribution is 2.46. The highest BCUT2D eigenvalue weighted by Gasteiger charge is 2.32. The maximum absolute atomic E-state index is 12.8. The molecule has 0 atom stereocenters. The Balaban J connectivity index is 1.53. The molecule has 3 heterocycles. The molecule has 1 amide bonds. The van der Waals surface area contributed by atoms with E-state index in [-0.39, 0.29) is 18.3 Å². The Morgan fingerprint density at radius 3 is 2.72 bits per heavy atom. The van der Waals surface area contributed by atoms with Gasteiger partial charge in [-0.1, -0.05) is 0 Å². The van der Waals surface area contributed by atoms with Crippen molar-refractivity contribution in [3.05, 3.63) is 33.3 Å². The number of amides is 1. The summed E-state index contributed by atoms with van der Waals surface area (Å²) in [6.45, 7) is 6.04. The van der Waals surface area contributed by atoms with Crippen LogP contribution < -0.4 is 10.1 Å². The van der Waals surface area contributed by atoms with Crippen molar-refractivity contribution in [3.8, 4) is 5.88 Å². The normalized spacial score (nSPS) is 13.4. The number of pyridine rings is 1. The average molecular weight is 457 g/mol. The second-order valence-corrected chi connectivity index (χ2v) is 8.95. The Morgan fingerprint density at radius 2 is 2.06 bits per heavy atom. The lowest BCUT2D eigenvalue weighted by Gasteiger charge is -2.12. The number of aryl methyl sites for hydroxylation is 3. The molecule has 170 valence electrons. The van der Waals surface area contributed by atoms with E-state index in [0.29, 0.717) is 35.4 Å². The maximum atomic E-state index is 12.8. The van der Waals surface area contributed by atoms with Gasteiger partial charge in [0.1, 0.15) is 5.00 Å². The van der Waals surface area contributed by atoms with Crippen LogP contribution in [0, 0.1) is 13.8 Å². The van der Waals surface area contributed by atoms with Gasteiger partial charge < -0.3 is 14.8 Å². The lowest BCUT2D eigenvalue weighted by molar-refractivity contribution is -0.116. The number of nitrogens with one attached hydrogen (secondary N) is 1. The first kappa shape index (κ1) is 22.3. The van der Waals surface area contributed by atoms with Crippen molar-refractivity contribution in [2.45, 2.75) is 52.4 Å². The van der Waals surface area contributed by atoms with Crippen molar-refractivity contribution in [2.24, 2.45) is 7.05 Å². The summed E-state index contributed by atoms with van der Waals surface area (Å²) in [5.41, 5.74) is 5.17. The first-order chi connectivity index (χ1) is 15.3. The van der Waals surface area contributed by atoms with Gasteiger partial charge in [0.05, 0.1) is 24.7 Å². The van der Waals surface area contributed by atoms with Crippen molar-refractivity contribution in [2.75, 3.05) is 19.0 Å². The molecule has 0 spiro atoms. The number of hydrogen-bond donors (Lipinski definition) is 1. The molecule has 1 fully saturated rings. The van der Waals surface area contributed by atoms with Gasteiger partial charge in [-0.05, 0) is 68.0 Å². The van der Waals surface area contributed by atoms with Crippen molar-refractivity contribution >= 4 is 39.2 Å². The van der Waals surface area contributed by atoms with Crippen LogP contribution in [0.15, 0.2) is 5.38 Å². The first-order valence-electron chi connectivity index (χ1n) is 10.8. The number of aromatic nitrogens is 3. The minimum atomic E-state index is -0.365. The van der Waals surface area contributed by atoms with E-state index in [1.54, 1.807) is 18.7 Å². The van der Waals surface area contributed by atoms with E-state index in [0.717, 1.165) is 46.3 Å². The fourth-order valence-corrected chi connectivity index (χ4v) is 5.15. The molecule has 1 aliphatic rings. The zero-order chi connectivity index (χ0) is 23.0. The Hall–Kier alpha value is -2.94. The van der Waals surface area contributed by atoms with E-state index in [2.05, 4.69) is 15.4 Å². The van der Waals surface area contributed by atoms with Gasteiger partial charge in [0.2, 0.25) is 11.8 Å². The predicted molar refractivity (Wildman–Crippen MR) is 124 cm³/mol. The fraction of sp³-hybridized carbons (Fsp3) is 0.478. The maximum Gasteiger partial charge on any atom is 0.341 e. The number of esters is 1. The summed E-state index contributed by atoms with van der Waals surface area (Å²) in [5.74, 6) is 0.421. The fourth-order valence-electron chi connectivity index (χ4n) is 4.11. The first-order valence-corrected chi connectivity index (χ1v) is 11.7. The van der Waals surface area contributed by atoms with Crippen molar-refractivity contribution in [3.63, 3.8) is 0 Å². The third-order valence-corrected chi connectivity index (χ3v) is 6.80. The number of nitrogens with zero attached hydrogens (tertiary/aromatic N) is 3. The van der Waals surface area contributed by atoms with Gasteiger partial charge in [-0.15, -0.1) is 16.4 Å². The smallest absolute Gasteiger partial charge is 0.341 e. The van der Waals surface area contributed by atoms with Gasteiger partial charge in [0.15, 0.2) is 5.65 Å². The summed E-state index contributed by atoms with van der Waals surface area (Å²) in [4.78, 5) is 30.0. The Morgan fingerprint density at radius 1 is 1.31 bits per heavy atom. The molecule has 4 rings (SSSR count). The van der Waals surface area contributed by atoms with Crippen LogP contribution in [0.4, 0.5) is 5.00 Å². The molecule has 1 saturated carbocycles. The van der Waals surface area contributed by atoms with Gasteiger partial charge in [-0.2, -0.15) is 0 Å². The summed E-state index contributed by atoms with van der Waals surface area (Å²) < 4.78 is 12.4. The zero-order valence-electron chi connectivity index (χ0n) is 19.1. The minimum absolute atomic E-state index is 0.142. The minimum Gasteiger partial charge on any atom is -0.479 e. The number of ether oxygens (including phenoxy) is 2. The molecule has 0 saturated heterocycles. The Bertz CT molecular complexity index is 1190. The number of thiophene rings is 1. The zero-order valence-corrected chi connectivity index (χ0v) is 19.9. The van der Waals surface area contributed by atoms with Crippen LogP contribution in [0.5, 0.6) is 5.88 Å². The SMILES string of the molecule is CCOC(=O)c1c(C2CC2)csc1NC(=O)CCc1c(C)nc2c(c(OC)nn2C)c1C. The van der Waals surface area contributed by atoms with Gasteiger partial charge >= 0.3 is 5.97 Å². The van der Waals surface area contributed by atoms with Crippen molar-refractivity contribution < 1.29 is 19.1 Å². The van der Waals surface area contributed by atoms with Gasteiger partial charge in [0, 0.05) is 19.2 Å². The van der Waals surface area contributed by atoms with Crippen molar-refractivity contribution in [1.29, 1.82) is 0 Å². The highest BCUT2D eigenvalue weighted by atomic mass is 32.1. The largest absolute Gasteiger partial charge is 0.479 e. The summed E-state index contributed by atoms with van der Waals surface area (Å²) in [5, 5.41) is 10.7. The molecule has 3 aromatic rings. The molecule has 0 unspecified atom stereocenters. The van der Waals surface area contributed by atoms with Gasteiger partial charge in [-0.3, -0.25) is 4.79 Å². The Labute approximate surface area is 190 Å². The van der Waals surface area contributed by atoms with Crippen LogP contribution in [0.2, 0.25) is 0 Å². The van der Waals surface area contributed by atoms with E-state index in [1.807, 2.05) is 26.3 Å². The molecule has 32 heavy (non-hydrogen) atoms. The predicted octanol–water partition coefficient (Wildman–Crippen LogP) is 4.28. The summed E-state index contributed by atoms with van der Waals surface area (Å²) in [7, 11) is 3.42. The summed E-state index contributed by atoms with van der Waals surface area (Å²) >= 11 is 1.39. The van der Waals surface area contributed by atoms with Gasteiger partial charge in [-0.25, -0.2) is 14.5 Å². The number of methoxy groups -OCH3 is 1. The average Bonchev–Trinajstić information content (AvgIpc) is 3.44. The molecular weight excluding hydrogens is 428 g/mol. The van der Waals surface area contributed by atoms with Crippen LogP contribution in [0.1, 0.15) is 64.8 Å². The molecule has 8 nitrogen and oxygen atoms in total. The molecule has 0 bridgehead atoms. The molecule has 1 aliphatic carbocycles. The van der Waals surface area contributed by atoms with Crippen LogP contribution in [0.3, 0.4) is 0 Å². The second-order valence-electron chi connectivity index (χ2n) is 8.07. The Kier molecular flexibility index (Phi) is 6.19. The highest BCUT2D eigenvalue weighted by molar-refractivity contribution is 7.15.